The summed E-state index contributed by atoms with van der Waals surface area (Å²) >= 11 is 0. The van der Waals surface area contributed by atoms with Crippen LogP contribution in [0.1, 0.15) is 56.4 Å². The van der Waals surface area contributed by atoms with Crippen LogP contribution in [-0.2, 0) is 4.79 Å². The predicted molar refractivity (Wildman–Crippen MR) is 99.1 cm³/mol. The van der Waals surface area contributed by atoms with Crippen LogP contribution in [0.4, 0.5) is 8.78 Å². The molecular formula is C21H25F2N3O. The highest BCUT2D eigenvalue weighted by molar-refractivity contribution is 5.79. The van der Waals surface area contributed by atoms with Gasteiger partial charge in [0.25, 0.3) is 0 Å². The van der Waals surface area contributed by atoms with Crippen LogP contribution >= 0.6 is 0 Å². The Morgan fingerprint density at radius 3 is 2.44 bits per heavy atom. The largest absolute Gasteiger partial charge is 0.342 e. The highest BCUT2D eigenvalue weighted by Crippen LogP contribution is 2.35. The summed E-state index contributed by atoms with van der Waals surface area (Å²) in [5.41, 5.74) is 1.17. The van der Waals surface area contributed by atoms with Gasteiger partial charge in [0.15, 0.2) is 11.6 Å². The quantitative estimate of drug-likeness (QED) is 0.852. The molecular weight excluding hydrogens is 348 g/mol. The first-order valence-corrected chi connectivity index (χ1v) is 9.91. The lowest BCUT2D eigenvalue weighted by atomic mass is 9.85. The van der Waals surface area contributed by atoms with Crippen LogP contribution in [0.2, 0.25) is 0 Å². The lowest BCUT2D eigenvalue weighted by Gasteiger charge is -2.35. The van der Waals surface area contributed by atoms with Crippen molar-refractivity contribution in [3.05, 3.63) is 41.7 Å². The number of H-pyrrole nitrogens is 1. The van der Waals surface area contributed by atoms with E-state index in [4.69, 9.17) is 0 Å². The van der Waals surface area contributed by atoms with Gasteiger partial charge in [0, 0.05) is 36.3 Å². The molecule has 1 aliphatic carbocycles. The second-order valence-corrected chi connectivity index (χ2v) is 7.75. The second-order valence-electron chi connectivity index (χ2n) is 7.75. The zero-order chi connectivity index (χ0) is 18.8. The average molecular weight is 373 g/mol. The Bertz CT molecular complexity index is 792. The molecule has 2 aliphatic rings. The molecule has 0 bridgehead atoms. The standard InChI is InChI=1S/C21H25F2N3O/c22-19-17(6-7-18(20(19)23)16-12-24-25-13-16)14-8-10-26(11-9-14)21(27)15-4-2-1-3-5-15/h6-7,12-15H,1-5,8-11H2,(H,24,25). The Hall–Kier alpha value is -2.24. The van der Waals surface area contributed by atoms with Gasteiger partial charge in [0.1, 0.15) is 0 Å². The van der Waals surface area contributed by atoms with E-state index in [1.54, 1.807) is 18.3 Å². The molecule has 27 heavy (non-hydrogen) atoms. The molecule has 0 unspecified atom stereocenters. The summed E-state index contributed by atoms with van der Waals surface area (Å²) in [7, 11) is 0. The molecule has 1 aliphatic heterocycles. The van der Waals surface area contributed by atoms with Crippen LogP contribution in [-0.4, -0.2) is 34.1 Å². The number of carbonyl (C=O) groups excluding carboxylic acids is 1. The van der Waals surface area contributed by atoms with Crippen LogP contribution in [0, 0.1) is 17.6 Å². The number of carbonyl (C=O) groups is 1. The number of aromatic amines is 1. The molecule has 1 aromatic heterocycles. The summed E-state index contributed by atoms with van der Waals surface area (Å²) in [6.45, 7) is 1.26. The van der Waals surface area contributed by atoms with E-state index in [0.717, 1.165) is 25.7 Å². The van der Waals surface area contributed by atoms with E-state index in [1.807, 2.05) is 4.90 Å². The normalized spacial score (nSPS) is 19.4. The molecule has 0 spiro atoms. The minimum absolute atomic E-state index is 0.0479. The predicted octanol–water partition coefficient (Wildman–Crippen LogP) is 4.64. The summed E-state index contributed by atoms with van der Waals surface area (Å²) in [5, 5.41) is 6.41. The number of nitrogens with one attached hydrogen (secondary N) is 1. The van der Waals surface area contributed by atoms with Gasteiger partial charge in [-0.1, -0.05) is 31.4 Å². The van der Waals surface area contributed by atoms with Gasteiger partial charge in [0.2, 0.25) is 5.91 Å². The van der Waals surface area contributed by atoms with Crippen molar-refractivity contribution < 1.29 is 13.6 Å². The molecule has 1 N–H and O–H groups in total. The molecule has 2 heterocycles. The van der Waals surface area contributed by atoms with Crippen LogP contribution in [0.5, 0.6) is 0 Å². The van der Waals surface area contributed by atoms with Gasteiger partial charge in [-0.05, 0) is 37.2 Å². The summed E-state index contributed by atoms with van der Waals surface area (Å²) in [6.07, 6.45) is 9.88. The topological polar surface area (TPSA) is 49.0 Å². The summed E-state index contributed by atoms with van der Waals surface area (Å²) in [4.78, 5) is 14.6. The number of benzene rings is 1. The maximum Gasteiger partial charge on any atom is 0.225 e. The van der Waals surface area contributed by atoms with Crippen molar-refractivity contribution in [3.8, 4) is 11.1 Å². The molecule has 2 fully saturated rings. The van der Waals surface area contributed by atoms with Crippen molar-refractivity contribution in [2.75, 3.05) is 13.1 Å². The summed E-state index contributed by atoms with van der Waals surface area (Å²) in [6, 6.07) is 3.31. The van der Waals surface area contributed by atoms with Gasteiger partial charge in [-0.2, -0.15) is 5.10 Å². The van der Waals surface area contributed by atoms with Crippen molar-refractivity contribution in [2.45, 2.75) is 50.9 Å². The third-order valence-corrected chi connectivity index (χ3v) is 6.12. The Labute approximate surface area is 158 Å². The fourth-order valence-electron chi connectivity index (χ4n) is 4.52. The number of halogens is 2. The first kappa shape index (κ1) is 18.1. The molecule has 0 radical (unpaired) electrons. The number of aromatic nitrogens is 2. The Kier molecular flexibility index (Phi) is 5.23. The van der Waals surface area contributed by atoms with Gasteiger partial charge in [-0.3, -0.25) is 9.89 Å². The second kappa shape index (κ2) is 7.79. The molecule has 1 amide bonds. The number of rotatable bonds is 3. The van der Waals surface area contributed by atoms with E-state index in [1.165, 1.54) is 12.6 Å². The maximum atomic E-state index is 14.7. The molecule has 6 heteroatoms. The van der Waals surface area contributed by atoms with Crippen LogP contribution < -0.4 is 0 Å². The molecule has 0 atom stereocenters. The van der Waals surface area contributed by atoms with Crippen molar-refractivity contribution in [3.63, 3.8) is 0 Å². The fourth-order valence-corrected chi connectivity index (χ4v) is 4.52. The van der Waals surface area contributed by atoms with Crippen LogP contribution in [0.3, 0.4) is 0 Å². The smallest absolute Gasteiger partial charge is 0.225 e. The van der Waals surface area contributed by atoms with E-state index < -0.39 is 11.6 Å². The molecule has 4 rings (SSSR count). The third kappa shape index (κ3) is 3.62. The number of likely N-dealkylation sites (tertiary alicyclic amines) is 1. The van der Waals surface area contributed by atoms with Crippen LogP contribution in [0.15, 0.2) is 24.5 Å². The lowest BCUT2D eigenvalue weighted by molar-refractivity contribution is -0.137. The van der Waals surface area contributed by atoms with Crippen molar-refractivity contribution in [2.24, 2.45) is 5.92 Å². The minimum atomic E-state index is -0.824. The Balaban J connectivity index is 1.44. The lowest BCUT2D eigenvalue weighted by Crippen LogP contribution is -2.42. The van der Waals surface area contributed by atoms with Crippen molar-refractivity contribution in [1.29, 1.82) is 0 Å². The van der Waals surface area contributed by atoms with E-state index >= 15 is 0 Å². The highest BCUT2D eigenvalue weighted by atomic mass is 19.2. The van der Waals surface area contributed by atoms with Crippen LogP contribution in [0.25, 0.3) is 11.1 Å². The van der Waals surface area contributed by atoms with Gasteiger partial charge in [0.05, 0.1) is 6.20 Å². The Morgan fingerprint density at radius 1 is 1.04 bits per heavy atom. The first-order chi connectivity index (χ1) is 13.1. The number of piperidine rings is 1. The third-order valence-electron chi connectivity index (χ3n) is 6.12. The van der Waals surface area contributed by atoms with Gasteiger partial charge in [-0.25, -0.2) is 8.78 Å². The van der Waals surface area contributed by atoms with E-state index in [-0.39, 0.29) is 23.3 Å². The van der Waals surface area contributed by atoms with E-state index in [0.29, 0.717) is 37.1 Å². The summed E-state index contributed by atoms with van der Waals surface area (Å²) < 4.78 is 29.2. The zero-order valence-corrected chi connectivity index (χ0v) is 15.4. The molecule has 144 valence electrons. The SMILES string of the molecule is O=C(C1CCCCC1)N1CCC(c2ccc(-c3cn[nH]c3)c(F)c2F)CC1. The number of hydrogen-bond acceptors (Lipinski definition) is 2. The van der Waals surface area contributed by atoms with Gasteiger partial charge in [-0.15, -0.1) is 0 Å². The Morgan fingerprint density at radius 2 is 1.78 bits per heavy atom. The monoisotopic (exact) mass is 373 g/mol. The molecule has 2 aromatic rings. The maximum absolute atomic E-state index is 14.7. The minimum Gasteiger partial charge on any atom is -0.342 e. The average Bonchev–Trinajstić information content (AvgIpc) is 3.25. The van der Waals surface area contributed by atoms with E-state index in [2.05, 4.69) is 10.2 Å². The highest BCUT2D eigenvalue weighted by Gasteiger charge is 2.31. The first-order valence-electron chi connectivity index (χ1n) is 9.91. The molecule has 1 saturated heterocycles. The number of nitrogens with zero attached hydrogens (tertiary/aromatic N) is 2. The fraction of sp³-hybridized carbons (Fsp3) is 0.524. The summed E-state index contributed by atoms with van der Waals surface area (Å²) in [5.74, 6) is -1.22. The van der Waals surface area contributed by atoms with Crippen molar-refractivity contribution >= 4 is 5.91 Å². The van der Waals surface area contributed by atoms with Gasteiger partial charge >= 0.3 is 0 Å². The zero-order valence-electron chi connectivity index (χ0n) is 15.4. The number of amides is 1. The molecule has 4 nitrogen and oxygen atoms in total. The molecule has 1 aromatic carbocycles. The van der Waals surface area contributed by atoms with E-state index in [9.17, 15) is 13.6 Å². The van der Waals surface area contributed by atoms with Gasteiger partial charge < -0.3 is 4.90 Å². The molecule has 1 saturated carbocycles. The number of hydrogen-bond donors (Lipinski definition) is 1. The van der Waals surface area contributed by atoms with Crippen molar-refractivity contribution in [1.82, 2.24) is 15.1 Å².